The maximum atomic E-state index is 11.8. The molecule has 0 aliphatic carbocycles. The number of nitrogens with two attached hydrogens (primary N) is 1. The first-order valence-electron chi connectivity index (χ1n) is 5.20. The molecule has 1 saturated heterocycles. The topological polar surface area (TPSA) is 49.6 Å². The molecule has 82 valence electrons. The fourth-order valence-electron chi connectivity index (χ4n) is 1.94. The Morgan fingerprint density at radius 1 is 1.57 bits per heavy atom. The van der Waals surface area contributed by atoms with Gasteiger partial charge in [0.2, 0.25) is 5.91 Å². The van der Waals surface area contributed by atoms with E-state index in [1.54, 1.807) is 0 Å². The van der Waals surface area contributed by atoms with Crippen LogP contribution in [0.15, 0.2) is 0 Å². The molecular formula is C10H21N3O. The molecule has 14 heavy (non-hydrogen) atoms. The summed E-state index contributed by atoms with van der Waals surface area (Å²) >= 11 is 0. The predicted molar refractivity (Wildman–Crippen MR) is 56.9 cm³/mol. The summed E-state index contributed by atoms with van der Waals surface area (Å²) < 4.78 is 0. The standard InChI is InChI=1S/C10H21N3O/c1-8-6-9(11)4-5-13(8)10(14)7-12(2)3/h8-9H,4-7,11H2,1-3H3. The second-order valence-corrected chi connectivity index (χ2v) is 4.46. The van der Waals surface area contributed by atoms with Crippen LogP contribution in [0.3, 0.4) is 0 Å². The first-order valence-corrected chi connectivity index (χ1v) is 5.20. The van der Waals surface area contributed by atoms with Crippen molar-refractivity contribution in [2.45, 2.75) is 31.8 Å². The SMILES string of the molecule is CC1CC(N)CCN1C(=O)CN(C)C. The van der Waals surface area contributed by atoms with Crippen LogP contribution in [-0.2, 0) is 4.79 Å². The third-order valence-electron chi connectivity index (χ3n) is 2.69. The van der Waals surface area contributed by atoms with E-state index in [2.05, 4.69) is 6.92 Å². The quantitative estimate of drug-likeness (QED) is 0.675. The molecule has 1 aliphatic rings. The Kier molecular flexibility index (Phi) is 3.89. The van der Waals surface area contributed by atoms with Gasteiger partial charge in [-0.05, 0) is 33.9 Å². The van der Waals surface area contributed by atoms with Gasteiger partial charge in [0.15, 0.2) is 0 Å². The normalized spacial score (nSPS) is 28.2. The average Bonchev–Trinajstić information content (AvgIpc) is 2.01. The Bertz CT molecular complexity index is 206. The summed E-state index contributed by atoms with van der Waals surface area (Å²) in [6.45, 7) is 3.39. The molecule has 0 aromatic heterocycles. The van der Waals surface area contributed by atoms with Crippen LogP contribution in [0.4, 0.5) is 0 Å². The highest BCUT2D eigenvalue weighted by Gasteiger charge is 2.26. The van der Waals surface area contributed by atoms with Crippen LogP contribution in [0, 0.1) is 0 Å². The molecule has 1 heterocycles. The average molecular weight is 199 g/mol. The van der Waals surface area contributed by atoms with E-state index in [-0.39, 0.29) is 11.9 Å². The second-order valence-electron chi connectivity index (χ2n) is 4.46. The minimum absolute atomic E-state index is 0.217. The van der Waals surface area contributed by atoms with Crippen LogP contribution < -0.4 is 5.73 Å². The molecule has 1 rings (SSSR count). The van der Waals surface area contributed by atoms with Gasteiger partial charge in [-0.2, -0.15) is 0 Å². The maximum Gasteiger partial charge on any atom is 0.236 e. The molecule has 2 unspecified atom stereocenters. The van der Waals surface area contributed by atoms with E-state index in [0.717, 1.165) is 19.4 Å². The molecule has 4 heteroatoms. The van der Waals surface area contributed by atoms with Crippen LogP contribution >= 0.6 is 0 Å². The van der Waals surface area contributed by atoms with Gasteiger partial charge in [-0.25, -0.2) is 0 Å². The van der Waals surface area contributed by atoms with Gasteiger partial charge in [0.25, 0.3) is 0 Å². The molecule has 1 aliphatic heterocycles. The van der Waals surface area contributed by atoms with Crippen molar-refractivity contribution < 1.29 is 4.79 Å². The van der Waals surface area contributed by atoms with Crippen molar-refractivity contribution in [1.29, 1.82) is 0 Å². The van der Waals surface area contributed by atoms with E-state index in [4.69, 9.17) is 5.73 Å². The molecule has 2 atom stereocenters. The summed E-state index contributed by atoms with van der Waals surface area (Å²) in [6, 6.07) is 0.569. The van der Waals surface area contributed by atoms with E-state index < -0.39 is 0 Å². The molecule has 0 spiro atoms. The lowest BCUT2D eigenvalue weighted by Gasteiger charge is -2.37. The van der Waals surface area contributed by atoms with Crippen LogP contribution in [0.1, 0.15) is 19.8 Å². The maximum absolute atomic E-state index is 11.8. The van der Waals surface area contributed by atoms with Crippen molar-refractivity contribution >= 4 is 5.91 Å². The van der Waals surface area contributed by atoms with Gasteiger partial charge in [-0.3, -0.25) is 4.79 Å². The number of hydrogen-bond donors (Lipinski definition) is 1. The van der Waals surface area contributed by atoms with Gasteiger partial charge < -0.3 is 15.5 Å². The van der Waals surface area contributed by atoms with Gasteiger partial charge in [0, 0.05) is 18.6 Å². The van der Waals surface area contributed by atoms with Crippen LogP contribution in [0.5, 0.6) is 0 Å². The van der Waals surface area contributed by atoms with Crippen LogP contribution in [0.2, 0.25) is 0 Å². The van der Waals surface area contributed by atoms with Gasteiger partial charge >= 0.3 is 0 Å². The van der Waals surface area contributed by atoms with E-state index in [1.807, 2.05) is 23.9 Å². The van der Waals surface area contributed by atoms with Gasteiger partial charge in [-0.1, -0.05) is 0 Å². The number of likely N-dealkylation sites (tertiary alicyclic amines) is 1. The Morgan fingerprint density at radius 2 is 2.21 bits per heavy atom. The molecule has 1 amide bonds. The van der Waals surface area contributed by atoms with Crippen molar-refractivity contribution in [3.05, 3.63) is 0 Å². The lowest BCUT2D eigenvalue weighted by molar-refractivity contribution is -0.135. The summed E-state index contributed by atoms with van der Waals surface area (Å²) in [4.78, 5) is 15.6. The van der Waals surface area contributed by atoms with Crippen molar-refractivity contribution in [2.75, 3.05) is 27.2 Å². The van der Waals surface area contributed by atoms with Crippen molar-refractivity contribution in [3.8, 4) is 0 Å². The summed E-state index contributed by atoms with van der Waals surface area (Å²) in [7, 11) is 3.83. The molecule has 4 nitrogen and oxygen atoms in total. The summed E-state index contributed by atoms with van der Waals surface area (Å²) in [5.74, 6) is 0.217. The van der Waals surface area contributed by atoms with Crippen molar-refractivity contribution in [1.82, 2.24) is 9.80 Å². The Labute approximate surface area is 86.0 Å². The zero-order valence-corrected chi connectivity index (χ0v) is 9.36. The minimum atomic E-state index is 0.217. The van der Waals surface area contributed by atoms with Crippen LogP contribution in [0.25, 0.3) is 0 Å². The van der Waals surface area contributed by atoms with Gasteiger partial charge in [0.05, 0.1) is 6.54 Å². The molecule has 0 saturated carbocycles. The number of hydrogen-bond acceptors (Lipinski definition) is 3. The highest BCUT2D eigenvalue weighted by atomic mass is 16.2. The van der Waals surface area contributed by atoms with Gasteiger partial charge in [0.1, 0.15) is 0 Å². The van der Waals surface area contributed by atoms with Gasteiger partial charge in [-0.15, -0.1) is 0 Å². The summed E-state index contributed by atoms with van der Waals surface area (Å²) in [5.41, 5.74) is 5.84. The smallest absolute Gasteiger partial charge is 0.236 e. The molecule has 2 N–H and O–H groups in total. The Morgan fingerprint density at radius 3 is 2.71 bits per heavy atom. The highest BCUT2D eigenvalue weighted by Crippen LogP contribution is 2.15. The molecule has 0 aromatic rings. The lowest BCUT2D eigenvalue weighted by atomic mass is 9.99. The zero-order chi connectivity index (χ0) is 10.7. The number of carbonyl (C=O) groups excluding carboxylic acids is 1. The minimum Gasteiger partial charge on any atom is -0.339 e. The van der Waals surface area contributed by atoms with Crippen molar-refractivity contribution in [3.63, 3.8) is 0 Å². The zero-order valence-electron chi connectivity index (χ0n) is 9.36. The number of amides is 1. The lowest BCUT2D eigenvalue weighted by Crippen LogP contribution is -2.50. The fourth-order valence-corrected chi connectivity index (χ4v) is 1.94. The third-order valence-corrected chi connectivity index (χ3v) is 2.69. The molecule has 0 aromatic carbocycles. The third kappa shape index (κ3) is 2.96. The number of nitrogens with zero attached hydrogens (tertiary/aromatic N) is 2. The van der Waals surface area contributed by atoms with Crippen LogP contribution in [-0.4, -0.2) is 55.0 Å². The number of rotatable bonds is 2. The monoisotopic (exact) mass is 199 g/mol. The number of carbonyl (C=O) groups is 1. The Hall–Kier alpha value is -0.610. The number of piperidine rings is 1. The Balaban J connectivity index is 2.47. The highest BCUT2D eigenvalue weighted by molar-refractivity contribution is 5.78. The van der Waals surface area contributed by atoms with E-state index in [9.17, 15) is 4.79 Å². The number of likely N-dealkylation sites (N-methyl/N-ethyl adjacent to an activating group) is 1. The predicted octanol–water partition coefficient (Wildman–Crippen LogP) is -0.114. The molecule has 1 fully saturated rings. The summed E-state index contributed by atoms with van der Waals surface area (Å²) in [6.07, 6.45) is 1.86. The first kappa shape index (κ1) is 11.5. The largest absolute Gasteiger partial charge is 0.339 e. The molecule has 0 radical (unpaired) electrons. The fraction of sp³-hybridized carbons (Fsp3) is 0.900. The molecule has 0 bridgehead atoms. The first-order chi connectivity index (χ1) is 6.50. The second kappa shape index (κ2) is 4.75. The van der Waals surface area contributed by atoms with E-state index in [0.29, 0.717) is 12.6 Å². The van der Waals surface area contributed by atoms with E-state index in [1.165, 1.54) is 0 Å². The molecular weight excluding hydrogens is 178 g/mol. The summed E-state index contributed by atoms with van der Waals surface area (Å²) in [5, 5.41) is 0. The van der Waals surface area contributed by atoms with E-state index >= 15 is 0 Å². The van der Waals surface area contributed by atoms with Crippen molar-refractivity contribution in [2.24, 2.45) is 5.73 Å².